The van der Waals surface area contributed by atoms with Gasteiger partial charge in [-0.3, -0.25) is 4.55 Å². The van der Waals surface area contributed by atoms with E-state index in [1.54, 1.807) is 0 Å². The van der Waals surface area contributed by atoms with Gasteiger partial charge in [-0.25, -0.2) is 0 Å². The summed E-state index contributed by atoms with van der Waals surface area (Å²) >= 11 is 0. The molecule has 0 aliphatic carbocycles. The molecular weight excluding hydrogens is 152 g/mol. The summed E-state index contributed by atoms with van der Waals surface area (Å²) < 4.78 is 28.6. The van der Waals surface area contributed by atoms with Crippen molar-refractivity contribution in [1.29, 1.82) is 0 Å². The van der Waals surface area contributed by atoms with Crippen LogP contribution in [0.5, 0.6) is 0 Å². The van der Waals surface area contributed by atoms with E-state index in [-0.39, 0.29) is 5.75 Å². The van der Waals surface area contributed by atoms with Gasteiger partial charge in [-0.05, 0) is 18.8 Å². The van der Waals surface area contributed by atoms with Crippen LogP contribution < -0.4 is 0 Å². The van der Waals surface area contributed by atoms with Gasteiger partial charge in [-0.1, -0.05) is 13.8 Å². The molecule has 0 radical (unpaired) electrons. The summed E-state index contributed by atoms with van der Waals surface area (Å²) in [7, 11) is -3.72. The largest absolute Gasteiger partial charge is 0.286 e. The van der Waals surface area contributed by atoms with Crippen LogP contribution in [0.1, 0.15) is 26.7 Å². The molecule has 10 heavy (non-hydrogen) atoms. The maximum Gasteiger partial charge on any atom is 0.264 e. The van der Waals surface area contributed by atoms with Crippen molar-refractivity contribution in [3.8, 4) is 0 Å². The van der Waals surface area contributed by atoms with E-state index in [1.165, 1.54) is 0 Å². The van der Waals surface area contributed by atoms with Crippen LogP contribution in [-0.2, 0) is 10.1 Å². The normalized spacial score (nSPS) is 12.4. The average molecular weight is 166 g/mol. The Morgan fingerprint density at radius 2 is 1.90 bits per heavy atom. The molecule has 0 rings (SSSR count). The zero-order valence-electron chi connectivity index (χ0n) is 6.37. The van der Waals surface area contributed by atoms with Crippen LogP contribution in [0.3, 0.4) is 0 Å². The van der Waals surface area contributed by atoms with Gasteiger partial charge >= 0.3 is 0 Å². The maximum atomic E-state index is 10.2. The summed E-state index contributed by atoms with van der Waals surface area (Å²) in [6.45, 7) is 4.04. The van der Waals surface area contributed by atoms with Crippen LogP contribution in [0, 0.1) is 5.92 Å². The molecule has 1 N–H and O–H groups in total. The molecule has 62 valence electrons. The van der Waals surface area contributed by atoms with Crippen molar-refractivity contribution >= 4 is 10.1 Å². The highest BCUT2D eigenvalue weighted by Crippen LogP contribution is 2.04. The minimum absolute atomic E-state index is 0.106. The Hall–Kier alpha value is -0.0900. The smallest absolute Gasteiger partial charge is 0.264 e. The monoisotopic (exact) mass is 166 g/mol. The van der Waals surface area contributed by atoms with Gasteiger partial charge < -0.3 is 0 Å². The van der Waals surface area contributed by atoms with Crippen molar-refractivity contribution in [3.63, 3.8) is 0 Å². The molecule has 0 aliphatic heterocycles. The van der Waals surface area contributed by atoms with Crippen molar-refractivity contribution in [3.05, 3.63) is 0 Å². The predicted molar refractivity (Wildman–Crippen MR) is 40.5 cm³/mol. The third-order valence-electron chi connectivity index (χ3n) is 1.18. The molecule has 0 saturated heterocycles. The summed E-state index contributed by atoms with van der Waals surface area (Å²) in [5.41, 5.74) is 0. The minimum atomic E-state index is -3.72. The minimum Gasteiger partial charge on any atom is -0.286 e. The number of hydrogen-bond acceptors (Lipinski definition) is 2. The zero-order chi connectivity index (χ0) is 8.20. The van der Waals surface area contributed by atoms with Crippen molar-refractivity contribution in [1.82, 2.24) is 0 Å². The van der Waals surface area contributed by atoms with E-state index in [2.05, 4.69) is 0 Å². The highest BCUT2D eigenvalue weighted by Gasteiger charge is 2.03. The van der Waals surface area contributed by atoms with Crippen LogP contribution in [0.25, 0.3) is 0 Å². The molecule has 0 bridgehead atoms. The molecule has 3 nitrogen and oxygen atoms in total. The lowest BCUT2D eigenvalue weighted by Crippen LogP contribution is -2.04. The quantitative estimate of drug-likeness (QED) is 0.641. The van der Waals surface area contributed by atoms with E-state index in [0.29, 0.717) is 12.3 Å². The summed E-state index contributed by atoms with van der Waals surface area (Å²) in [6, 6.07) is 0. The Balaban J connectivity index is 3.39. The third-order valence-corrected chi connectivity index (χ3v) is 1.99. The molecule has 0 heterocycles. The fourth-order valence-electron chi connectivity index (χ4n) is 0.674. The summed E-state index contributed by atoms with van der Waals surface area (Å²) in [4.78, 5) is 0. The van der Waals surface area contributed by atoms with Gasteiger partial charge in [-0.15, -0.1) is 0 Å². The number of hydrogen-bond donors (Lipinski definition) is 1. The van der Waals surface area contributed by atoms with Crippen LogP contribution >= 0.6 is 0 Å². The second kappa shape index (κ2) is 3.93. The van der Waals surface area contributed by atoms with Crippen LogP contribution in [0.4, 0.5) is 0 Å². The Morgan fingerprint density at radius 1 is 1.40 bits per heavy atom. The lowest BCUT2D eigenvalue weighted by molar-refractivity contribution is 0.475. The first kappa shape index (κ1) is 9.91. The Morgan fingerprint density at radius 3 is 2.20 bits per heavy atom. The third kappa shape index (κ3) is 7.91. The highest BCUT2D eigenvalue weighted by molar-refractivity contribution is 7.85. The van der Waals surface area contributed by atoms with Crippen molar-refractivity contribution in [2.75, 3.05) is 5.75 Å². The van der Waals surface area contributed by atoms with Crippen LogP contribution in [0.15, 0.2) is 0 Å². The van der Waals surface area contributed by atoms with Gasteiger partial charge in [-0.2, -0.15) is 8.42 Å². The van der Waals surface area contributed by atoms with Crippen molar-refractivity contribution < 1.29 is 13.0 Å². The SMILES string of the molecule is CC(C)CCCS(=O)(=O)O. The molecule has 0 saturated carbocycles. The van der Waals surface area contributed by atoms with Gasteiger partial charge in [0, 0.05) is 0 Å². The lowest BCUT2D eigenvalue weighted by atomic mass is 10.1. The molecule has 0 aromatic carbocycles. The Bertz CT molecular complexity index is 169. The average Bonchev–Trinajstić information content (AvgIpc) is 1.59. The summed E-state index contributed by atoms with van der Waals surface area (Å²) in [5, 5.41) is 0. The Kier molecular flexibility index (Phi) is 3.89. The van der Waals surface area contributed by atoms with E-state index < -0.39 is 10.1 Å². The second-order valence-corrected chi connectivity index (χ2v) is 4.39. The van der Waals surface area contributed by atoms with Gasteiger partial charge in [0.05, 0.1) is 5.75 Å². The van der Waals surface area contributed by atoms with Gasteiger partial charge in [0.25, 0.3) is 10.1 Å². The standard InChI is InChI=1S/C6H14O3S/c1-6(2)4-3-5-10(7,8)9/h6H,3-5H2,1-2H3,(H,7,8,9). The molecule has 0 unspecified atom stereocenters. The molecule has 0 fully saturated rings. The first-order valence-corrected chi connectivity index (χ1v) is 4.98. The topological polar surface area (TPSA) is 54.4 Å². The van der Waals surface area contributed by atoms with E-state index in [4.69, 9.17) is 4.55 Å². The predicted octanol–water partition coefficient (Wildman–Crippen LogP) is 1.31. The molecule has 0 spiro atoms. The molecule has 0 aliphatic rings. The van der Waals surface area contributed by atoms with E-state index in [9.17, 15) is 8.42 Å². The van der Waals surface area contributed by atoms with Crippen LogP contribution in [-0.4, -0.2) is 18.7 Å². The second-order valence-electron chi connectivity index (χ2n) is 2.82. The lowest BCUT2D eigenvalue weighted by Gasteiger charge is -2.00. The molecule has 0 aromatic rings. The number of rotatable bonds is 4. The van der Waals surface area contributed by atoms with Gasteiger partial charge in [0.15, 0.2) is 0 Å². The van der Waals surface area contributed by atoms with E-state index >= 15 is 0 Å². The van der Waals surface area contributed by atoms with E-state index in [0.717, 1.165) is 6.42 Å². The summed E-state index contributed by atoms with van der Waals surface area (Å²) in [5.74, 6) is 0.396. The Labute approximate surface area is 62.2 Å². The molecule has 0 amide bonds. The van der Waals surface area contributed by atoms with Crippen molar-refractivity contribution in [2.45, 2.75) is 26.7 Å². The van der Waals surface area contributed by atoms with Gasteiger partial charge in [0.2, 0.25) is 0 Å². The van der Waals surface area contributed by atoms with Crippen LogP contribution in [0.2, 0.25) is 0 Å². The van der Waals surface area contributed by atoms with Crippen molar-refractivity contribution in [2.24, 2.45) is 5.92 Å². The van der Waals surface area contributed by atoms with E-state index in [1.807, 2.05) is 13.8 Å². The zero-order valence-corrected chi connectivity index (χ0v) is 7.19. The van der Waals surface area contributed by atoms with Gasteiger partial charge in [0.1, 0.15) is 0 Å². The first-order valence-electron chi connectivity index (χ1n) is 3.37. The molecular formula is C6H14O3S. The molecule has 0 aromatic heterocycles. The fourth-order valence-corrected chi connectivity index (χ4v) is 1.21. The molecule has 0 atom stereocenters. The highest BCUT2D eigenvalue weighted by atomic mass is 32.2. The first-order chi connectivity index (χ1) is 4.42. The summed E-state index contributed by atoms with van der Waals surface area (Å²) in [6.07, 6.45) is 1.40. The fraction of sp³-hybridized carbons (Fsp3) is 1.00. The maximum absolute atomic E-state index is 10.2. The molecule has 4 heteroatoms.